The Morgan fingerprint density at radius 3 is 2.61 bits per heavy atom. The van der Waals surface area contributed by atoms with Gasteiger partial charge in [0.05, 0.1) is 6.61 Å². The van der Waals surface area contributed by atoms with Crippen LogP contribution in [0, 0.1) is 5.92 Å². The summed E-state index contributed by atoms with van der Waals surface area (Å²) in [6.45, 7) is 5.15. The molecule has 1 aliphatic carbocycles. The Hall–Kier alpha value is -0.860. The predicted octanol–water partition coefficient (Wildman–Crippen LogP) is 3.89. The van der Waals surface area contributed by atoms with Crippen LogP contribution in [0.3, 0.4) is 0 Å². The van der Waals surface area contributed by atoms with Crippen LogP contribution >= 0.6 is 0 Å². The van der Waals surface area contributed by atoms with Crippen molar-refractivity contribution in [3.8, 4) is 0 Å². The Kier molecular flexibility index (Phi) is 5.21. The minimum absolute atomic E-state index is 0.472. The summed E-state index contributed by atoms with van der Waals surface area (Å²) in [5.41, 5.74) is 4.75. The number of hydroxylamine groups is 1. The van der Waals surface area contributed by atoms with Crippen molar-refractivity contribution >= 4 is 0 Å². The van der Waals surface area contributed by atoms with Crippen LogP contribution < -0.4 is 5.48 Å². The van der Waals surface area contributed by atoms with E-state index in [0.717, 1.165) is 6.61 Å². The minimum atomic E-state index is 0.472. The molecule has 2 heteroatoms. The first kappa shape index (κ1) is 13.6. The average molecular weight is 247 g/mol. The van der Waals surface area contributed by atoms with Gasteiger partial charge in [-0.25, -0.2) is 0 Å². The van der Waals surface area contributed by atoms with Crippen LogP contribution in [0.25, 0.3) is 0 Å². The smallest absolute Gasteiger partial charge is 0.0705 e. The van der Waals surface area contributed by atoms with E-state index in [4.69, 9.17) is 4.84 Å². The Bertz CT molecular complexity index is 336. The molecule has 0 saturated heterocycles. The lowest BCUT2D eigenvalue weighted by molar-refractivity contribution is -0.0121. The van der Waals surface area contributed by atoms with Gasteiger partial charge in [0, 0.05) is 12.0 Å². The molecule has 2 nitrogen and oxygen atoms in total. The molecular formula is C16H25NO. The van der Waals surface area contributed by atoms with Crippen molar-refractivity contribution in [3.63, 3.8) is 0 Å². The summed E-state index contributed by atoms with van der Waals surface area (Å²) in [6.07, 6.45) is 5.14. The molecule has 0 bridgehead atoms. The molecule has 0 radical (unpaired) electrons. The monoisotopic (exact) mass is 247 g/mol. The van der Waals surface area contributed by atoms with Gasteiger partial charge in [-0.1, -0.05) is 57.0 Å². The maximum absolute atomic E-state index is 5.64. The average Bonchev–Trinajstić information content (AvgIpc) is 2.40. The molecular weight excluding hydrogens is 222 g/mol. The van der Waals surface area contributed by atoms with Gasteiger partial charge in [-0.2, -0.15) is 5.48 Å². The van der Waals surface area contributed by atoms with Crippen LogP contribution in [-0.2, 0) is 4.84 Å². The van der Waals surface area contributed by atoms with Gasteiger partial charge in [0.15, 0.2) is 0 Å². The molecule has 1 saturated carbocycles. The van der Waals surface area contributed by atoms with Gasteiger partial charge in [-0.15, -0.1) is 0 Å². The Balaban J connectivity index is 1.94. The van der Waals surface area contributed by atoms with Crippen LogP contribution in [0.2, 0.25) is 0 Å². The summed E-state index contributed by atoms with van der Waals surface area (Å²) in [5.74, 6) is 1.18. The van der Waals surface area contributed by atoms with Gasteiger partial charge < -0.3 is 4.84 Å². The summed E-state index contributed by atoms with van der Waals surface area (Å²) < 4.78 is 0. The molecule has 2 atom stereocenters. The summed E-state index contributed by atoms with van der Waals surface area (Å²) in [6, 6.07) is 11.3. The van der Waals surface area contributed by atoms with E-state index < -0.39 is 0 Å². The highest BCUT2D eigenvalue weighted by Crippen LogP contribution is 2.32. The van der Waals surface area contributed by atoms with E-state index in [-0.39, 0.29) is 0 Å². The lowest BCUT2D eigenvalue weighted by Gasteiger charge is -2.32. The second kappa shape index (κ2) is 6.91. The summed E-state index contributed by atoms with van der Waals surface area (Å²) in [5, 5.41) is 0. The molecule has 0 aliphatic heterocycles. The first-order valence-electron chi connectivity index (χ1n) is 7.19. The van der Waals surface area contributed by atoms with Crippen LogP contribution in [0.4, 0.5) is 0 Å². The lowest BCUT2D eigenvalue weighted by atomic mass is 9.80. The Morgan fingerprint density at radius 1 is 1.17 bits per heavy atom. The van der Waals surface area contributed by atoms with E-state index in [1.807, 2.05) is 0 Å². The zero-order chi connectivity index (χ0) is 12.8. The number of rotatable bonds is 5. The molecule has 18 heavy (non-hydrogen) atoms. The number of hydrogen-bond donors (Lipinski definition) is 1. The third-order valence-corrected chi connectivity index (χ3v) is 3.65. The van der Waals surface area contributed by atoms with Gasteiger partial charge >= 0.3 is 0 Å². The van der Waals surface area contributed by atoms with Gasteiger partial charge in [0.25, 0.3) is 0 Å². The second-order valence-corrected chi connectivity index (χ2v) is 5.73. The molecule has 0 spiro atoms. The molecule has 0 aromatic heterocycles. The highest BCUT2D eigenvalue weighted by molar-refractivity contribution is 5.21. The van der Waals surface area contributed by atoms with Gasteiger partial charge in [-0.05, 0) is 24.3 Å². The molecule has 1 aromatic carbocycles. The highest BCUT2D eigenvalue weighted by Gasteiger charge is 2.26. The summed E-state index contributed by atoms with van der Waals surface area (Å²) in [4.78, 5) is 5.64. The SMILES string of the molecule is CC(C)CONC1CCCCC1c1ccccc1. The van der Waals surface area contributed by atoms with Crippen molar-refractivity contribution in [3.05, 3.63) is 35.9 Å². The van der Waals surface area contributed by atoms with E-state index in [1.165, 1.54) is 31.2 Å². The topological polar surface area (TPSA) is 21.3 Å². The maximum Gasteiger partial charge on any atom is 0.0705 e. The Morgan fingerprint density at radius 2 is 1.89 bits per heavy atom. The molecule has 1 N–H and O–H groups in total. The largest absolute Gasteiger partial charge is 0.301 e. The summed E-state index contributed by atoms with van der Waals surface area (Å²) >= 11 is 0. The van der Waals surface area contributed by atoms with E-state index in [2.05, 4.69) is 49.7 Å². The molecule has 1 aromatic rings. The fourth-order valence-corrected chi connectivity index (χ4v) is 2.69. The zero-order valence-electron chi connectivity index (χ0n) is 11.6. The van der Waals surface area contributed by atoms with Crippen molar-refractivity contribution in [1.29, 1.82) is 0 Å². The molecule has 1 fully saturated rings. The fraction of sp³-hybridized carbons (Fsp3) is 0.625. The fourth-order valence-electron chi connectivity index (χ4n) is 2.69. The predicted molar refractivity (Wildman–Crippen MR) is 75.4 cm³/mol. The van der Waals surface area contributed by atoms with E-state index >= 15 is 0 Å². The number of benzene rings is 1. The van der Waals surface area contributed by atoms with Crippen LogP contribution in [-0.4, -0.2) is 12.6 Å². The molecule has 0 heterocycles. The van der Waals surface area contributed by atoms with Crippen molar-refractivity contribution in [1.82, 2.24) is 5.48 Å². The maximum atomic E-state index is 5.64. The molecule has 1 aliphatic rings. The molecule has 2 rings (SSSR count). The summed E-state index contributed by atoms with van der Waals surface area (Å²) in [7, 11) is 0. The first-order chi connectivity index (χ1) is 8.77. The zero-order valence-corrected chi connectivity index (χ0v) is 11.6. The lowest BCUT2D eigenvalue weighted by Crippen LogP contribution is -2.37. The van der Waals surface area contributed by atoms with Crippen molar-refractivity contribution in [2.45, 2.75) is 51.5 Å². The van der Waals surface area contributed by atoms with Gasteiger partial charge in [0.2, 0.25) is 0 Å². The van der Waals surface area contributed by atoms with Gasteiger partial charge in [-0.3, -0.25) is 0 Å². The second-order valence-electron chi connectivity index (χ2n) is 5.73. The third kappa shape index (κ3) is 3.82. The molecule has 2 unspecified atom stereocenters. The van der Waals surface area contributed by atoms with E-state index in [1.54, 1.807) is 0 Å². The van der Waals surface area contributed by atoms with Crippen molar-refractivity contribution in [2.75, 3.05) is 6.61 Å². The quantitative estimate of drug-likeness (QED) is 0.797. The number of nitrogens with one attached hydrogen (secondary N) is 1. The Labute approximate surface area is 111 Å². The normalized spacial score (nSPS) is 24.4. The number of hydrogen-bond acceptors (Lipinski definition) is 2. The third-order valence-electron chi connectivity index (χ3n) is 3.65. The van der Waals surface area contributed by atoms with E-state index in [0.29, 0.717) is 17.9 Å². The van der Waals surface area contributed by atoms with Crippen LogP contribution in [0.1, 0.15) is 51.0 Å². The van der Waals surface area contributed by atoms with Crippen molar-refractivity contribution in [2.24, 2.45) is 5.92 Å². The highest BCUT2D eigenvalue weighted by atomic mass is 16.6. The standard InChI is InChI=1S/C16H25NO/c1-13(2)12-18-17-16-11-7-6-10-15(16)14-8-4-3-5-9-14/h3-5,8-9,13,15-17H,6-7,10-12H2,1-2H3. The van der Waals surface area contributed by atoms with Crippen LogP contribution in [0.5, 0.6) is 0 Å². The van der Waals surface area contributed by atoms with Gasteiger partial charge in [0.1, 0.15) is 0 Å². The first-order valence-corrected chi connectivity index (χ1v) is 7.19. The molecule has 0 amide bonds. The molecule has 100 valence electrons. The van der Waals surface area contributed by atoms with E-state index in [9.17, 15) is 0 Å². The minimum Gasteiger partial charge on any atom is -0.301 e. The van der Waals surface area contributed by atoms with Crippen molar-refractivity contribution < 1.29 is 4.84 Å². The van der Waals surface area contributed by atoms with Crippen LogP contribution in [0.15, 0.2) is 30.3 Å².